The summed E-state index contributed by atoms with van der Waals surface area (Å²) in [6, 6.07) is 12.2. The van der Waals surface area contributed by atoms with E-state index in [4.69, 9.17) is 9.47 Å². The summed E-state index contributed by atoms with van der Waals surface area (Å²) in [6.45, 7) is 8.21. The van der Waals surface area contributed by atoms with Gasteiger partial charge in [0.2, 0.25) is 0 Å². The summed E-state index contributed by atoms with van der Waals surface area (Å²) in [5.74, 6) is 0.954. The maximum atomic E-state index is 13.1. The van der Waals surface area contributed by atoms with Crippen LogP contribution in [0.3, 0.4) is 0 Å². The number of nitrogens with one attached hydrogen (secondary N) is 1. The predicted octanol–water partition coefficient (Wildman–Crippen LogP) is 3.04. The first-order valence-electron chi connectivity index (χ1n) is 9.89. The summed E-state index contributed by atoms with van der Waals surface area (Å²) < 4.78 is 40.0. The normalized spacial score (nSPS) is 15.2. The van der Waals surface area contributed by atoms with E-state index in [1.54, 1.807) is 12.1 Å². The summed E-state index contributed by atoms with van der Waals surface area (Å²) in [6.07, 6.45) is 0. The first kappa shape index (κ1) is 21.3. The molecule has 2 aromatic rings. The molecule has 0 bridgehead atoms. The van der Waals surface area contributed by atoms with Crippen molar-refractivity contribution in [1.82, 2.24) is 4.90 Å². The molecular weight excluding hydrogens is 390 g/mol. The van der Waals surface area contributed by atoms with Gasteiger partial charge in [0.25, 0.3) is 10.0 Å². The van der Waals surface area contributed by atoms with Crippen LogP contribution in [-0.2, 0) is 10.0 Å². The van der Waals surface area contributed by atoms with Crippen LogP contribution in [0.1, 0.15) is 13.8 Å². The van der Waals surface area contributed by atoms with E-state index in [1.165, 1.54) is 12.1 Å². The Bertz CT molecular complexity index is 925. The number of benzene rings is 2. The monoisotopic (exact) mass is 419 g/mol. The third kappa shape index (κ3) is 5.13. The predicted molar refractivity (Wildman–Crippen MR) is 116 cm³/mol. The number of piperazine rings is 1. The molecule has 0 atom stereocenters. The molecule has 1 aliphatic heterocycles. The smallest absolute Gasteiger partial charge is 0.262 e. The molecule has 0 aliphatic carbocycles. The highest BCUT2D eigenvalue weighted by atomic mass is 32.2. The number of nitrogens with zero attached hydrogens (tertiary/aromatic N) is 2. The van der Waals surface area contributed by atoms with Crippen molar-refractivity contribution in [1.29, 1.82) is 0 Å². The highest BCUT2D eigenvalue weighted by Crippen LogP contribution is 2.33. The zero-order valence-electron chi connectivity index (χ0n) is 17.2. The Morgan fingerprint density at radius 1 is 0.931 bits per heavy atom. The van der Waals surface area contributed by atoms with Gasteiger partial charge in [0, 0.05) is 32.2 Å². The van der Waals surface area contributed by atoms with Crippen LogP contribution >= 0.6 is 0 Å². The second-order valence-corrected chi connectivity index (χ2v) is 8.57. The lowest BCUT2D eigenvalue weighted by Gasteiger charge is -2.35. The maximum absolute atomic E-state index is 13.1. The van der Waals surface area contributed by atoms with E-state index in [0.717, 1.165) is 31.9 Å². The number of para-hydroxylation sites is 2. The van der Waals surface area contributed by atoms with Crippen LogP contribution in [0.15, 0.2) is 47.4 Å². The third-order valence-electron chi connectivity index (χ3n) is 4.82. The minimum Gasteiger partial charge on any atom is -0.490 e. The largest absolute Gasteiger partial charge is 0.490 e. The molecule has 0 saturated carbocycles. The van der Waals surface area contributed by atoms with Crippen LogP contribution in [-0.4, -0.2) is 59.8 Å². The number of ether oxygens (including phenoxy) is 2. The van der Waals surface area contributed by atoms with Crippen molar-refractivity contribution in [3.05, 3.63) is 42.5 Å². The fraction of sp³-hybridized carbons (Fsp3) is 0.429. The van der Waals surface area contributed by atoms with Gasteiger partial charge in [-0.1, -0.05) is 12.1 Å². The van der Waals surface area contributed by atoms with Crippen molar-refractivity contribution in [2.24, 2.45) is 0 Å². The minimum absolute atomic E-state index is 0.137. The molecule has 1 heterocycles. The van der Waals surface area contributed by atoms with E-state index in [1.807, 2.05) is 32.0 Å². The number of anilines is 2. The van der Waals surface area contributed by atoms with Gasteiger partial charge < -0.3 is 19.3 Å². The fourth-order valence-electron chi connectivity index (χ4n) is 3.29. The minimum atomic E-state index is -3.78. The van der Waals surface area contributed by atoms with E-state index < -0.39 is 10.0 Å². The van der Waals surface area contributed by atoms with Crippen LogP contribution in [0.25, 0.3) is 0 Å². The maximum Gasteiger partial charge on any atom is 0.262 e. The third-order valence-corrected chi connectivity index (χ3v) is 6.18. The number of sulfonamides is 1. The van der Waals surface area contributed by atoms with E-state index >= 15 is 0 Å². The number of hydrogen-bond acceptors (Lipinski definition) is 6. The molecule has 0 radical (unpaired) electrons. The summed E-state index contributed by atoms with van der Waals surface area (Å²) in [5.41, 5.74) is 1.46. The quantitative estimate of drug-likeness (QED) is 0.709. The topological polar surface area (TPSA) is 71.1 Å². The molecule has 158 valence electrons. The van der Waals surface area contributed by atoms with E-state index in [-0.39, 0.29) is 4.90 Å². The van der Waals surface area contributed by atoms with Gasteiger partial charge in [-0.25, -0.2) is 8.42 Å². The van der Waals surface area contributed by atoms with Crippen molar-refractivity contribution in [3.8, 4) is 11.5 Å². The molecule has 7 nitrogen and oxygen atoms in total. The highest BCUT2D eigenvalue weighted by molar-refractivity contribution is 7.92. The van der Waals surface area contributed by atoms with Gasteiger partial charge in [-0.15, -0.1) is 0 Å². The first-order chi connectivity index (χ1) is 13.9. The summed E-state index contributed by atoms with van der Waals surface area (Å²) >= 11 is 0. The Labute approximate surface area is 173 Å². The van der Waals surface area contributed by atoms with Crippen LogP contribution in [0.4, 0.5) is 11.4 Å². The molecule has 8 heteroatoms. The van der Waals surface area contributed by atoms with Gasteiger partial charge in [0.1, 0.15) is 0 Å². The number of hydrogen-bond donors (Lipinski definition) is 1. The van der Waals surface area contributed by atoms with Gasteiger partial charge in [-0.05, 0) is 45.2 Å². The van der Waals surface area contributed by atoms with Crippen molar-refractivity contribution >= 4 is 21.4 Å². The average Bonchev–Trinajstić information content (AvgIpc) is 2.70. The lowest BCUT2D eigenvalue weighted by atomic mass is 10.2. The SMILES string of the molecule is CCOc1ccc(S(=O)(=O)Nc2ccccc2N2CCN(C)CC2)cc1OCC. The lowest BCUT2D eigenvalue weighted by Crippen LogP contribution is -2.44. The van der Waals surface area contributed by atoms with Gasteiger partial charge in [-0.3, -0.25) is 4.72 Å². The summed E-state index contributed by atoms with van der Waals surface area (Å²) in [7, 11) is -1.69. The standard InChI is InChI=1S/C21H29N3O4S/c1-4-27-20-11-10-17(16-21(20)28-5-2)29(25,26)22-18-8-6-7-9-19(18)24-14-12-23(3)13-15-24/h6-11,16,22H,4-5,12-15H2,1-3H3. The second kappa shape index (κ2) is 9.37. The molecule has 1 saturated heterocycles. The van der Waals surface area contributed by atoms with Gasteiger partial charge >= 0.3 is 0 Å². The Morgan fingerprint density at radius 3 is 2.28 bits per heavy atom. The molecular formula is C21H29N3O4S. The molecule has 1 N–H and O–H groups in total. The number of rotatable bonds is 8. The lowest BCUT2D eigenvalue weighted by molar-refractivity contribution is 0.287. The van der Waals surface area contributed by atoms with E-state index in [9.17, 15) is 8.42 Å². The summed E-state index contributed by atoms with van der Waals surface area (Å²) in [5, 5.41) is 0. The molecule has 0 aromatic heterocycles. The highest BCUT2D eigenvalue weighted by Gasteiger charge is 2.22. The zero-order chi connectivity index (χ0) is 20.9. The zero-order valence-corrected chi connectivity index (χ0v) is 18.0. The fourth-order valence-corrected chi connectivity index (χ4v) is 4.37. The van der Waals surface area contributed by atoms with Crippen molar-refractivity contribution in [3.63, 3.8) is 0 Å². The van der Waals surface area contributed by atoms with Crippen LogP contribution in [0, 0.1) is 0 Å². The second-order valence-electron chi connectivity index (χ2n) is 6.89. The molecule has 29 heavy (non-hydrogen) atoms. The van der Waals surface area contributed by atoms with Crippen LogP contribution < -0.4 is 19.1 Å². The van der Waals surface area contributed by atoms with Crippen molar-refractivity contribution < 1.29 is 17.9 Å². The first-order valence-corrected chi connectivity index (χ1v) is 11.4. The van der Waals surface area contributed by atoms with E-state index in [0.29, 0.717) is 30.4 Å². The Morgan fingerprint density at radius 2 is 1.59 bits per heavy atom. The summed E-state index contributed by atoms with van der Waals surface area (Å²) in [4.78, 5) is 4.61. The molecule has 2 aromatic carbocycles. The van der Waals surface area contributed by atoms with Crippen LogP contribution in [0.5, 0.6) is 11.5 Å². The molecule has 3 rings (SSSR count). The Kier molecular flexibility index (Phi) is 6.87. The van der Waals surface area contributed by atoms with Gasteiger partial charge in [0.15, 0.2) is 11.5 Å². The van der Waals surface area contributed by atoms with E-state index in [2.05, 4.69) is 21.6 Å². The Hall–Kier alpha value is -2.45. The molecule has 0 unspecified atom stereocenters. The number of likely N-dealkylation sites (N-methyl/N-ethyl adjacent to an activating group) is 1. The molecule has 1 aliphatic rings. The average molecular weight is 420 g/mol. The van der Waals surface area contributed by atoms with Crippen molar-refractivity contribution in [2.75, 3.05) is 56.1 Å². The molecule has 0 amide bonds. The molecule has 1 fully saturated rings. The Balaban J connectivity index is 1.87. The van der Waals surface area contributed by atoms with Crippen molar-refractivity contribution in [2.45, 2.75) is 18.7 Å². The van der Waals surface area contributed by atoms with Crippen LogP contribution in [0.2, 0.25) is 0 Å². The molecule has 0 spiro atoms. The van der Waals surface area contributed by atoms with Gasteiger partial charge in [0.05, 0.1) is 29.5 Å². The van der Waals surface area contributed by atoms with Gasteiger partial charge in [-0.2, -0.15) is 0 Å².